The zero-order valence-corrected chi connectivity index (χ0v) is 11.1. The second-order valence-electron chi connectivity index (χ2n) is 4.24. The van der Waals surface area contributed by atoms with Gasteiger partial charge in [0.25, 0.3) is 0 Å². The summed E-state index contributed by atoms with van der Waals surface area (Å²) in [6, 6.07) is -0.00372. The summed E-state index contributed by atoms with van der Waals surface area (Å²) in [5, 5.41) is 6.23. The highest BCUT2D eigenvalue weighted by Gasteiger charge is 2.23. The van der Waals surface area contributed by atoms with E-state index in [2.05, 4.69) is 17.6 Å². The zero-order chi connectivity index (χ0) is 12.0. The molecular formula is C11H22N2O2S. The highest BCUT2D eigenvalue weighted by atomic mass is 32.2. The number of carbonyl (C=O) groups excluding carboxylic acids is 1. The lowest BCUT2D eigenvalue weighted by Crippen LogP contribution is -2.47. The number of amides is 2. The van der Waals surface area contributed by atoms with E-state index in [4.69, 9.17) is 4.74 Å². The van der Waals surface area contributed by atoms with Gasteiger partial charge in [-0.2, -0.15) is 11.8 Å². The maximum Gasteiger partial charge on any atom is 0.315 e. The lowest BCUT2D eigenvalue weighted by atomic mass is 10.1. The predicted molar refractivity (Wildman–Crippen MR) is 67.9 cm³/mol. The molecule has 4 nitrogen and oxygen atoms in total. The molecule has 2 amide bonds. The first-order valence-corrected chi connectivity index (χ1v) is 7.11. The largest absolute Gasteiger partial charge is 0.376 e. The van der Waals surface area contributed by atoms with Crippen molar-refractivity contribution in [2.45, 2.75) is 44.1 Å². The van der Waals surface area contributed by atoms with Gasteiger partial charge in [-0.25, -0.2) is 4.79 Å². The van der Waals surface area contributed by atoms with Crippen molar-refractivity contribution < 1.29 is 9.53 Å². The molecule has 16 heavy (non-hydrogen) atoms. The molecule has 1 fully saturated rings. The molecule has 0 spiro atoms. The van der Waals surface area contributed by atoms with E-state index in [1.807, 2.05) is 13.2 Å². The minimum absolute atomic E-state index is 0.0899. The van der Waals surface area contributed by atoms with Crippen molar-refractivity contribution >= 4 is 17.8 Å². The van der Waals surface area contributed by atoms with Gasteiger partial charge in [-0.1, -0.05) is 6.92 Å². The summed E-state index contributed by atoms with van der Waals surface area (Å²) in [4.78, 5) is 11.5. The fraction of sp³-hybridized carbons (Fsp3) is 0.909. The van der Waals surface area contributed by atoms with Gasteiger partial charge < -0.3 is 15.4 Å². The van der Waals surface area contributed by atoms with Crippen LogP contribution in [0.2, 0.25) is 0 Å². The molecule has 0 aliphatic carbocycles. The van der Waals surface area contributed by atoms with Crippen molar-refractivity contribution in [1.29, 1.82) is 0 Å². The number of hydrogen-bond donors (Lipinski definition) is 2. The maximum absolute atomic E-state index is 11.5. The molecule has 3 atom stereocenters. The normalized spacial score (nSPS) is 23.8. The highest BCUT2D eigenvalue weighted by Crippen LogP contribution is 2.15. The Labute approximate surface area is 102 Å². The van der Waals surface area contributed by atoms with Gasteiger partial charge in [0.15, 0.2) is 0 Å². The molecule has 94 valence electrons. The SMILES string of the molecule is CS[C@H](C)CNC(=O)N[C@H](C)[C@@H]1CCCO1. The second-order valence-corrected chi connectivity index (χ2v) is 5.52. The summed E-state index contributed by atoms with van der Waals surface area (Å²) in [6.45, 7) is 5.61. The summed E-state index contributed by atoms with van der Waals surface area (Å²) in [5.74, 6) is 0. The van der Waals surface area contributed by atoms with Crippen molar-refractivity contribution in [3.8, 4) is 0 Å². The van der Waals surface area contributed by atoms with Gasteiger partial charge in [0.1, 0.15) is 0 Å². The fourth-order valence-corrected chi connectivity index (χ4v) is 1.92. The standard InChI is InChI=1S/C11H22N2O2S/c1-8(16-3)7-12-11(14)13-9(2)10-5-4-6-15-10/h8-10H,4-7H2,1-3H3,(H2,12,13,14)/t8-,9-,10+/m1/s1. The van der Waals surface area contributed by atoms with Crippen LogP contribution >= 0.6 is 11.8 Å². The Morgan fingerprint density at radius 3 is 2.88 bits per heavy atom. The summed E-state index contributed by atoms with van der Waals surface area (Å²) >= 11 is 1.74. The van der Waals surface area contributed by atoms with Gasteiger partial charge in [0.05, 0.1) is 12.1 Å². The van der Waals surface area contributed by atoms with Crippen LogP contribution in [0, 0.1) is 0 Å². The molecule has 0 aromatic rings. The van der Waals surface area contributed by atoms with Gasteiger partial charge in [-0.05, 0) is 26.0 Å². The minimum Gasteiger partial charge on any atom is -0.376 e. The van der Waals surface area contributed by atoms with E-state index in [0.717, 1.165) is 19.4 Å². The minimum atomic E-state index is -0.0936. The van der Waals surface area contributed by atoms with Crippen LogP contribution in [-0.4, -0.2) is 42.8 Å². The molecule has 5 heteroatoms. The van der Waals surface area contributed by atoms with E-state index in [9.17, 15) is 4.79 Å². The van der Waals surface area contributed by atoms with Crippen molar-refractivity contribution in [2.24, 2.45) is 0 Å². The summed E-state index contributed by atoms with van der Waals surface area (Å²) in [6.07, 6.45) is 4.37. The van der Waals surface area contributed by atoms with Gasteiger partial charge in [-0.3, -0.25) is 0 Å². The highest BCUT2D eigenvalue weighted by molar-refractivity contribution is 7.99. The van der Waals surface area contributed by atoms with Crippen molar-refractivity contribution in [2.75, 3.05) is 19.4 Å². The van der Waals surface area contributed by atoms with Crippen LogP contribution < -0.4 is 10.6 Å². The molecular weight excluding hydrogens is 224 g/mol. The first kappa shape index (κ1) is 13.6. The molecule has 1 rings (SSSR count). The number of hydrogen-bond acceptors (Lipinski definition) is 3. The average Bonchev–Trinajstić information content (AvgIpc) is 2.79. The Balaban J connectivity index is 2.17. The topological polar surface area (TPSA) is 50.4 Å². The first-order chi connectivity index (χ1) is 7.63. The van der Waals surface area contributed by atoms with E-state index in [1.54, 1.807) is 11.8 Å². The summed E-state index contributed by atoms with van der Waals surface area (Å²) in [5.41, 5.74) is 0. The molecule has 0 unspecified atom stereocenters. The number of rotatable bonds is 5. The molecule has 2 N–H and O–H groups in total. The molecule has 1 aliphatic rings. The third-order valence-corrected chi connectivity index (χ3v) is 3.81. The maximum atomic E-state index is 11.5. The van der Waals surface area contributed by atoms with E-state index in [1.165, 1.54) is 0 Å². The van der Waals surface area contributed by atoms with E-state index >= 15 is 0 Å². The van der Waals surface area contributed by atoms with Crippen LogP contribution in [0.3, 0.4) is 0 Å². The van der Waals surface area contributed by atoms with E-state index in [0.29, 0.717) is 11.8 Å². The Kier molecular flexibility index (Phi) is 5.98. The molecule has 0 bridgehead atoms. The van der Waals surface area contributed by atoms with Gasteiger partial charge >= 0.3 is 6.03 Å². The molecule has 0 aromatic carbocycles. The number of carbonyl (C=O) groups is 1. The first-order valence-electron chi connectivity index (χ1n) is 5.82. The lowest BCUT2D eigenvalue weighted by molar-refractivity contribution is 0.0860. The monoisotopic (exact) mass is 246 g/mol. The molecule has 1 aliphatic heterocycles. The van der Waals surface area contributed by atoms with Crippen LogP contribution in [0.15, 0.2) is 0 Å². The van der Waals surface area contributed by atoms with Gasteiger partial charge in [0.2, 0.25) is 0 Å². The van der Waals surface area contributed by atoms with Crippen molar-refractivity contribution in [3.05, 3.63) is 0 Å². The number of ether oxygens (including phenoxy) is 1. The Morgan fingerprint density at radius 1 is 1.56 bits per heavy atom. The second kappa shape index (κ2) is 7.01. The predicted octanol–water partition coefficient (Wildman–Crippen LogP) is 1.60. The summed E-state index contributed by atoms with van der Waals surface area (Å²) in [7, 11) is 0. The average molecular weight is 246 g/mol. The third-order valence-electron chi connectivity index (χ3n) is 2.83. The van der Waals surface area contributed by atoms with Gasteiger partial charge in [0, 0.05) is 18.4 Å². The quantitative estimate of drug-likeness (QED) is 0.775. The summed E-state index contributed by atoms with van der Waals surface area (Å²) < 4.78 is 5.52. The molecule has 0 saturated carbocycles. The van der Waals surface area contributed by atoms with Crippen LogP contribution in [0.4, 0.5) is 4.79 Å². The Morgan fingerprint density at radius 2 is 2.31 bits per heavy atom. The smallest absolute Gasteiger partial charge is 0.315 e. The van der Waals surface area contributed by atoms with Crippen LogP contribution in [0.1, 0.15) is 26.7 Å². The molecule has 1 heterocycles. The molecule has 0 aromatic heterocycles. The van der Waals surface area contributed by atoms with E-state index in [-0.39, 0.29) is 18.2 Å². The number of urea groups is 1. The number of nitrogens with one attached hydrogen (secondary N) is 2. The fourth-order valence-electron chi connectivity index (χ4n) is 1.67. The molecule has 0 radical (unpaired) electrons. The lowest BCUT2D eigenvalue weighted by Gasteiger charge is -2.20. The number of thioether (sulfide) groups is 1. The van der Waals surface area contributed by atoms with Gasteiger partial charge in [-0.15, -0.1) is 0 Å². The molecule has 1 saturated heterocycles. The van der Waals surface area contributed by atoms with E-state index < -0.39 is 0 Å². The Hall–Kier alpha value is -0.420. The van der Waals surface area contributed by atoms with Crippen LogP contribution in [-0.2, 0) is 4.74 Å². The van der Waals surface area contributed by atoms with Crippen LogP contribution in [0.25, 0.3) is 0 Å². The Bertz CT molecular complexity index is 220. The van der Waals surface area contributed by atoms with Crippen molar-refractivity contribution in [3.63, 3.8) is 0 Å². The zero-order valence-electron chi connectivity index (χ0n) is 10.3. The van der Waals surface area contributed by atoms with Crippen molar-refractivity contribution in [1.82, 2.24) is 10.6 Å². The third kappa shape index (κ3) is 4.61. The van der Waals surface area contributed by atoms with Crippen LogP contribution in [0.5, 0.6) is 0 Å².